The second-order valence-corrected chi connectivity index (χ2v) is 7.51. The lowest BCUT2D eigenvalue weighted by Gasteiger charge is -2.17. The smallest absolute Gasteiger partial charge is 0.253 e. The van der Waals surface area contributed by atoms with E-state index in [-0.39, 0.29) is 29.9 Å². The number of benzene rings is 2. The molecule has 0 aliphatic carbocycles. The zero-order valence-electron chi connectivity index (χ0n) is 18.8. The minimum absolute atomic E-state index is 0. The summed E-state index contributed by atoms with van der Waals surface area (Å²) in [6.45, 7) is 3.58. The van der Waals surface area contributed by atoms with Crippen LogP contribution in [0.1, 0.15) is 27.0 Å². The Bertz CT molecular complexity index is 864. The number of guanidine groups is 1. The molecule has 0 aliphatic heterocycles. The van der Waals surface area contributed by atoms with Crippen LogP contribution in [0.4, 0.5) is 5.69 Å². The number of amides is 1. The molecule has 0 bridgehead atoms. The lowest BCUT2D eigenvalue weighted by molar-refractivity contribution is 0.0827. The number of carbonyl (C=O) groups is 1. The molecule has 0 saturated carbocycles. The number of nitrogens with zero attached hydrogens (tertiary/aromatic N) is 3. The van der Waals surface area contributed by atoms with Crippen LogP contribution in [-0.2, 0) is 13.0 Å². The van der Waals surface area contributed by atoms with E-state index in [1.165, 1.54) is 16.8 Å². The molecule has 2 rings (SSSR count). The second-order valence-electron chi connectivity index (χ2n) is 7.51. The van der Waals surface area contributed by atoms with E-state index < -0.39 is 0 Å². The van der Waals surface area contributed by atoms with Crippen LogP contribution in [0.5, 0.6) is 0 Å². The lowest BCUT2D eigenvalue weighted by atomic mass is 10.1. The van der Waals surface area contributed by atoms with Gasteiger partial charge in [0.25, 0.3) is 5.91 Å². The summed E-state index contributed by atoms with van der Waals surface area (Å²) in [6.07, 6.45) is 0.811. The van der Waals surface area contributed by atoms with Crippen molar-refractivity contribution >= 4 is 41.5 Å². The predicted octanol–water partition coefficient (Wildman–Crippen LogP) is 3.29. The van der Waals surface area contributed by atoms with Crippen molar-refractivity contribution in [1.82, 2.24) is 15.5 Å². The molecule has 7 heteroatoms. The normalized spacial score (nSPS) is 10.8. The second kappa shape index (κ2) is 12.4. The maximum atomic E-state index is 12.1. The van der Waals surface area contributed by atoms with Crippen LogP contribution in [0.15, 0.2) is 47.5 Å². The molecule has 0 fully saturated rings. The van der Waals surface area contributed by atoms with Gasteiger partial charge in [-0.1, -0.05) is 18.2 Å². The number of hydrogen-bond acceptors (Lipinski definition) is 3. The van der Waals surface area contributed by atoms with Crippen molar-refractivity contribution in [3.63, 3.8) is 0 Å². The van der Waals surface area contributed by atoms with E-state index in [1.54, 1.807) is 26.0 Å². The van der Waals surface area contributed by atoms with Crippen LogP contribution in [0.25, 0.3) is 0 Å². The fourth-order valence-corrected chi connectivity index (χ4v) is 3.00. The fraction of sp³-hybridized carbons (Fsp3) is 0.391. The monoisotopic (exact) mass is 523 g/mol. The summed E-state index contributed by atoms with van der Waals surface area (Å²) in [5.41, 5.74) is 5.53. The highest BCUT2D eigenvalue weighted by atomic mass is 127. The first-order valence-corrected chi connectivity index (χ1v) is 9.83. The van der Waals surface area contributed by atoms with E-state index in [0.29, 0.717) is 12.1 Å². The van der Waals surface area contributed by atoms with Gasteiger partial charge in [-0.3, -0.25) is 9.79 Å². The first-order chi connectivity index (χ1) is 13.8. The summed E-state index contributed by atoms with van der Waals surface area (Å²) in [7, 11) is 9.40. The average Bonchev–Trinajstić information content (AvgIpc) is 2.70. The Hall–Kier alpha value is -2.29. The van der Waals surface area contributed by atoms with Gasteiger partial charge in [-0.15, -0.1) is 24.0 Å². The maximum absolute atomic E-state index is 12.1. The Balaban J connectivity index is 0.00000450. The number of nitrogens with one attached hydrogen (secondary N) is 2. The molecule has 2 aromatic carbocycles. The molecule has 0 saturated heterocycles. The molecule has 0 aliphatic rings. The molecule has 2 aromatic rings. The Morgan fingerprint density at radius 1 is 1.03 bits per heavy atom. The third kappa shape index (κ3) is 7.51. The Morgan fingerprint density at radius 2 is 1.77 bits per heavy atom. The highest BCUT2D eigenvalue weighted by Gasteiger charge is 2.08. The van der Waals surface area contributed by atoms with Crippen molar-refractivity contribution in [1.29, 1.82) is 0 Å². The first-order valence-electron chi connectivity index (χ1n) is 9.83. The Labute approximate surface area is 197 Å². The summed E-state index contributed by atoms with van der Waals surface area (Å²) < 4.78 is 0. The van der Waals surface area contributed by atoms with Crippen molar-refractivity contribution in [3.05, 3.63) is 64.7 Å². The lowest BCUT2D eigenvalue weighted by Crippen LogP contribution is -2.38. The molecule has 0 radical (unpaired) electrons. The summed E-state index contributed by atoms with van der Waals surface area (Å²) >= 11 is 0. The highest BCUT2D eigenvalue weighted by molar-refractivity contribution is 14.0. The number of halogens is 1. The van der Waals surface area contributed by atoms with Gasteiger partial charge in [0.1, 0.15) is 0 Å². The van der Waals surface area contributed by atoms with Crippen molar-refractivity contribution in [2.45, 2.75) is 19.9 Å². The number of anilines is 1. The quantitative estimate of drug-likeness (QED) is 0.332. The van der Waals surface area contributed by atoms with Crippen molar-refractivity contribution in [2.24, 2.45) is 4.99 Å². The minimum Gasteiger partial charge on any atom is -0.378 e. The standard InChI is InChI=1S/C23H33N5O.HI/c1-17-14-21(27(3)4)11-10-20(17)16-26-23(24-2)25-13-12-18-8-7-9-19(15-18)22(29)28(5)6;/h7-11,14-15H,12-13,16H2,1-6H3,(H2,24,25,26);1H. The molecule has 30 heavy (non-hydrogen) atoms. The zero-order valence-corrected chi connectivity index (χ0v) is 21.2. The van der Waals surface area contributed by atoms with Gasteiger partial charge in [-0.05, 0) is 54.3 Å². The van der Waals surface area contributed by atoms with Gasteiger partial charge >= 0.3 is 0 Å². The van der Waals surface area contributed by atoms with Crippen LogP contribution < -0.4 is 15.5 Å². The van der Waals surface area contributed by atoms with Crippen molar-refractivity contribution < 1.29 is 4.79 Å². The Kier molecular flexibility index (Phi) is 10.7. The van der Waals surface area contributed by atoms with E-state index in [0.717, 1.165) is 24.5 Å². The molecule has 6 nitrogen and oxygen atoms in total. The zero-order chi connectivity index (χ0) is 21.4. The maximum Gasteiger partial charge on any atom is 0.253 e. The van der Waals surface area contributed by atoms with E-state index in [4.69, 9.17) is 0 Å². The highest BCUT2D eigenvalue weighted by Crippen LogP contribution is 2.17. The largest absolute Gasteiger partial charge is 0.378 e. The first kappa shape index (κ1) is 25.7. The molecule has 0 spiro atoms. The number of aliphatic imine (C=N–C) groups is 1. The number of carbonyl (C=O) groups excluding carboxylic acids is 1. The van der Waals surface area contributed by atoms with Crippen molar-refractivity contribution in [3.8, 4) is 0 Å². The fourth-order valence-electron chi connectivity index (χ4n) is 3.00. The summed E-state index contributed by atoms with van der Waals surface area (Å²) in [5, 5.41) is 6.71. The Morgan fingerprint density at radius 3 is 2.37 bits per heavy atom. The van der Waals surface area contributed by atoms with E-state index in [9.17, 15) is 4.79 Å². The van der Waals surface area contributed by atoms with Gasteiger partial charge in [0, 0.05) is 59.6 Å². The molecule has 0 unspecified atom stereocenters. The molecule has 0 atom stereocenters. The molecule has 164 valence electrons. The topological polar surface area (TPSA) is 60.0 Å². The molecule has 1 amide bonds. The van der Waals surface area contributed by atoms with Gasteiger partial charge in [-0.2, -0.15) is 0 Å². The summed E-state index contributed by atoms with van der Waals surface area (Å²) in [6, 6.07) is 14.2. The van der Waals surface area contributed by atoms with Crippen LogP contribution in [0, 0.1) is 6.92 Å². The van der Waals surface area contributed by atoms with Crippen LogP contribution in [0.3, 0.4) is 0 Å². The number of aryl methyl sites for hydroxylation is 1. The van der Waals surface area contributed by atoms with Crippen molar-refractivity contribution in [2.75, 3.05) is 46.7 Å². The third-order valence-corrected chi connectivity index (χ3v) is 4.80. The SMILES string of the molecule is CN=C(NCCc1cccc(C(=O)N(C)C)c1)NCc1ccc(N(C)C)cc1C.I. The van der Waals surface area contributed by atoms with Gasteiger partial charge in [0.2, 0.25) is 0 Å². The number of rotatable bonds is 7. The minimum atomic E-state index is 0. The summed E-state index contributed by atoms with van der Waals surface area (Å²) in [4.78, 5) is 20.1. The third-order valence-electron chi connectivity index (χ3n) is 4.80. The van der Waals surface area contributed by atoms with Gasteiger partial charge in [0.05, 0.1) is 0 Å². The van der Waals surface area contributed by atoms with Crippen LogP contribution >= 0.6 is 24.0 Å². The summed E-state index contributed by atoms with van der Waals surface area (Å²) in [5.74, 6) is 0.787. The molecule has 0 aromatic heterocycles. The van der Waals surface area contributed by atoms with E-state index >= 15 is 0 Å². The molecular formula is C23H34IN5O. The van der Waals surface area contributed by atoms with Gasteiger partial charge in [-0.25, -0.2) is 0 Å². The van der Waals surface area contributed by atoms with Crippen LogP contribution in [0.2, 0.25) is 0 Å². The van der Waals surface area contributed by atoms with E-state index in [2.05, 4.69) is 45.6 Å². The van der Waals surface area contributed by atoms with E-state index in [1.807, 2.05) is 38.4 Å². The molecule has 2 N–H and O–H groups in total. The average molecular weight is 523 g/mol. The predicted molar refractivity (Wildman–Crippen MR) is 137 cm³/mol. The van der Waals surface area contributed by atoms with Gasteiger partial charge < -0.3 is 20.4 Å². The number of hydrogen-bond donors (Lipinski definition) is 2. The molecular weight excluding hydrogens is 489 g/mol. The molecule has 0 heterocycles. The van der Waals surface area contributed by atoms with Crippen LogP contribution in [-0.4, -0.2) is 58.5 Å². The van der Waals surface area contributed by atoms with Gasteiger partial charge in [0.15, 0.2) is 5.96 Å².